The molecule has 1 unspecified atom stereocenters. The fourth-order valence-electron chi connectivity index (χ4n) is 2.13. The van der Waals surface area contributed by atoms with Crippen LogP contribution in [0.5, 0.6) is 5.88 Å². The molecule has 2 heterocycles. The minimum Gasteiger partial charge on any atom is -0.481 e. The van der Waals surface area contributed by atoms with Crippen LogP contribution < -0.4 is 10.1 Å². The number of aromatic nitrogens is 1. The van der Waals surface area contributed by atoms with Crippen LogP contribution in [0.2, 0.25) is 0 Å². The Morgan fingerprint density at radius 2 is 2.39 bits per heavy atom. The van der Waals surface area contributed by atoms with Crippen molar-refractivity contribution in [2.45, 2.75) is 25.5 Å². The summed E-state index contributed by atoms with van der Waals surface area (Å²) in [5.41, 5.74) is 0.646. The SMILES string of the molecule is COc1ncc(F)cc1[C@H]1CC(OC(C)=O)CN1. The van der Waals surface area contributed by atoms with Crippen molar-refractivity contribution in [3.63, 3.8) is 0 Å². The van der Waals surface area contributed by atoms with Crippen LogP contribution in [0.15, 0.2) is 12.3 Å². The number of carbonyl (C=O) groups excluding carboxylic acids is 1. The molecule has 1 aliphatic heterocycles. The summed E-state index contributed by atoms with van der Waals surface area (Å²) in [5, 5.41) is 3.17. The van der Waals surface area contributed by atoms with Gasteiger partial charge in [0.1, 0.15) is 11.9 Å². The molecular formula is C12H15FN2O3. The van der Waals surface area contributed by atoms with Gasteiger partial charge in [-0.05, 0) is 6.07 Å². The van der Waals surface area contributed by atoms with Crippen LogP contribution in [-0.4, -0.2) is 30.7 Å². The Bertz CT molecular complexity index is 453. The lowest BCUT2D eigenvalue weighted by molar-refractivity contribution is -0.145. The van der Waals surface area contributed by atoms with Gasteiger partial charge in [0.25, 0.3) is 0 Å². The molecule has 1 aromatic heterocycles. The van der Waals surface area contributed by atoms with Crippen LogP contribution in [0.25, 0.3) is 0 Å². The van der Waals surface area contributed by atoms with Gasteiger partial charge in [-0.25, -0.2) is 9.37 Å². The maximum Gasteiger partial charge on any atom is 0.302 e. The van der Waals surface area contributed by atoms with E-state index in [1.54, 1.807) is 0 Å². The Morgan fingerprint density at radius 1 is 1.61 bits per heavy atom. The predicted octanol–water partition coefficient (Wildman–Crippen LogP) is 1.20. The van der Waals surface area contributed by atoms with E-state index in [2.05, 4.69) is 10.3 Å². The maximum atomic E-state index is 13.2. The first-order valence-electron chi connectivity index (χ1n) is 5.70. The third-order valence-corrected chi connectivity index (χ3v) is 2.84. The Morgan fingerprint density at radius 3 is 3.06 bits per heavy atom. The summed E-state index contributed by atoms with van der Waals surface area (Å²) in [6.07, 6.45) is 1.50. The lowest BCUT2D eigenvalue weighted by Gasteiger charge is -2.14. The lowest BCUT2D eigenvalue weighted by atomic mass is 10.1. The van der Waals surface area contributed by atoms with Gasteiger partial charge in [0.05, 0.1) is 13.3 Å². The normalized spacial score (nSPS) is 22.8. The molecule has 98 valence electrons. The van der Waals surface area contributed by atoms with E-state index in [0.717, 1.165) is 6.20 Å². The number of pyridine rings is 1. The number of esters is 1. The smallest absolute Gasteiger partial charge is 0.302 e. The van der Waals surface area contributed by atoms with Crippen LogP contribution >= 0.6 is 0 Å². The zero-order valence-electron chi connectivity index (χ0n) is 10.3. The molecule has 1 aromatic rings. The number of nitrogens with zero attached hydrogens (tertiary/aromatic N) is 1. The molecule has 0 bridgehead atoms. The molecule has 0 spiro atoms. The molecule has 1 aliphatic rings. The third kappa shape index (κ3) is 2.76. The van der Waals surface area contributed by atoms with E-state index in [1.165, 1.54) is 20.1 Å². The fourth-order valence-corrected chi connectivity index (χ4v) is 2.13. The second-order valence-corrected chi connectivity index (χ2v) is 4.18. The van der Waals surface area contributed by atoms with Crippen molar-refractivity contribution in [2.24, 2.45) is 0 Å². The summed E-state index contributed by atoms with van der Waals surface area (Å²) in [6, 6.07) is 1.27. The van der Waals surface area contributed by atoms with Crippen molar-refractivity contribution in [3.05, 3.63) is 23.6 Å². The molecule has 0 aliphatic carbocycles. The summed E-state index contributed by atoms with van der Waals surface area (Å²) in [6.45, 7) is 1.92. The van der Waals surface area contributed by atoms with Crippen molar-refractivity contribution < 1.29 is 18.7 Å². The van der Waals surface area contributed by atoms with Crippen LogP contribution in [0.1, 0.15) is 24.9 Å². The summed E-state index contributed by atoms with van der Waals surface area (Å²) in [5.74, 6) is -0.340. The molecule has 0 saturated carbocycles. The highest BCUT2D eigenvalue weighted by Gasteiger charge is 2.29. The Balaban J connectivity index is 2.13. The molecular weight excluding hydrogens is 239 g/mol. The van der Waals surface area contributed by atoms with E-state index in [4.69, 9.17) is 9.47 Å². The monoisotopic (exact) mass is 254 g/mol. The number of halogens is 1. The third-order valence-electron chi connectivity index (χ3n) is 2.84. The van der Waals surface area contributed by atoms with Gasteiger partial charge in [-0.1, -0.05) is 0 Å². The van der Waals surface area contributed by atoms with E-state index in [0.29, 0.717) is 24.4 Å². The van der Waals surface area contributed by atoms with Gasteiger partial charge < -0.3 is 14.8 Å². The molecule has 1 fully saturated rings. The highest BCUT2D eigenvalue weighted by atomic mass is 19.1. The fraction of sp³-hybridized carbons (Fsp3) is 0.500. The first-order chi connectivity index (χ1) is 8.60. The van der Waals surface area contributed by atoms with Crippen LogP contribution in [0.3, 0.4) is 0 Å². The largest absolute Gasteiger partial charge is 0.481 e. The number of ether oxygens (including phenoxy) is 2. The second kappa shape index (κ2) is 5.30. The van der Waals surface area contributed by atoms with Crippen LogP contribution in [0.4, 0.5) is 4.39 Å². The molecule has 0 radical (unpaired) electrons. The first-order valence-corrected chi connectivity index (χ1v) is 5.70. The van der Waals surface area contributed by atoms with Crippen LogP contribution in [0, 0.1) is 5.82 Å². The zero-order valence-corrected chi connectivity index (χ0v) is 10.3. The topological polar surface area (TPSA) is 60.5 Å². The number of nitrogens with one attached hydrogen (secondary N) is 1. The van der Waals surface area contributed by atoms with E-state index in [1.807, 2.05) is 0 Å². The molecule has 6 heteroatoms. The van der Waals surface area contributed by atoms with Crippen molar-refractivity contribution in [3.8, 4) is 5.88 Å². The number of methoxy groups -OCH3 is 1. The first kappa shape index (κ1) is 12.8. The van der Waals surface area contributed by atoms with E-state index in [9.17, 15) is 9.18 Å². The molecule has 1 saturated heterocycles. The van der Waals surface area contributed by atoms with Crippen molar-refractivity contribution >= 4 is 5.97 Å². The Labute approximate surface area is 104 Å². The summed E-state index contributed by atoms with van der Waals surface area (Å²) >= 11 is 0. The average Bonchev–Trinajstić information content (AvgIpc) is 2.76. The number of hydrogen-bond acceptors (Lipinski definition) is 5. The predicted molar refractivity (Wildman–Crippen MR) is 61.7 cm³/mol. The molecule has 2 rings (SSSR count). The zero-order chi connectivity index (χ0) is 13.1. The second-order valence-electron chi connectivity index (χ2n) is 4.18. The van der Waals surface area contributed by atoms with E-state index < -0.39 is 5.82 Å². The number of carbonyl (C=O) groups is 1. The van der Waals surface area contributed by atoms with E-state index in [-0.39, 0.29) is 18.1 Å². The number of hydrogen-bond donors (Lipinski definition) is 1. The highest BCUT2D eigenvalue weighted by molar-refractivity contribution is 5.66. The van der Waals surface area contributed by atoms with Gasteiger partial charge in [-0.3, -0.25) is 4.79 Å². The minimum absolute atomic E-state index is 0.118. The van der Waals surface area contributed by atoms with Crippen LogP contribution in [-0.2, 0) is 9.53 Å². The maximum absolute atomic E-state index is 13.2. The van der Waals surface area contributed by atoms with Crippen molar-refractivity contribution in [2.75, 3.05) is 13.7 Å². The van der Waals surface area contributed by atoms with Gasteiger partial charge in [-0.15, -0.1) is 0 Å². The standard InChI is InChI=1S/C12H15FN2O3/c1-7(16)18-9-4-11(14-6-9)10-3-8(13)5-15-12(10)17-2/h3,5,9,11,14H,4,6H2,1-2H3/t9?,11-/m1/s1. The molecule has 0 aromatic carbocycles. The summed E-state index contributed by atoms with van der Waals surface area (Å²) in [7, 11) is 1.49. The summed E-state index contributed by atoms with van der Waals surface area (Å²) < 4.78 is 23.4. The van der Waals surface area contributed by atoms with Gasteiger partial charge in [0, 0.05) is 31.5 Å². The van der Waals surface area contributed by atoms with Gasteiger partial charge in [0.15, 0.2) is 0 Å². The minimum atomic E-state index is -0.413. The van der Waals surface area contributed by atoms with Crippen molar-refractivity contribution in [1.29, 1.82) is 0 Å². The highest BCUT2D eigenvalue weighted by Crippen LogP contribution is 2.30. The molecule has 5 nitrogen and oxygen atoms in total. The Kier molecular flexibility index (Phi) is 3.76. The molecule has 18 heavy (non-hydrogen) atoms. The average molecular weight is 254 g/mol. The van der Waals surface area contributed by atoms with Gasteiger partial charge in [0.2, 0.25) is 5.88 Å². The quantitative estimate of drug-likeness (QED) is 0.821. The van der Waals surface area contributed by atoms with Crippen molar-refractivity contribution in [1.82, 2.24) is 10.3 Å². The van der Waals surface area contributed by atoms with Gasteiger partial charge in [-0.2, -0.15) is 0 Å². The lowest BCUT2D eigenvalue weighted by Crippen LogP contribution is -2.19. The van der Waals surface area contributed by atoms with E-state index >= 15 is 0 Å². The number of rotatable bonds is 3. The summed E-state index contributed by atoms with van der Waals surface area (Å²) in [4.78, 5) is 14.8. The molecule has 1 N–H and O–H groups in total. The molecule has 2 atom stereocenters. The van der Waals surface area contributed by atoms with Gasteiger partial charge >= 0.3 is 5.97 Å². The molecule has 0 amide bonds. The Hall–Kier alpha value is -1.69.